The van der Waals surface area contributed by atoms with E-state index in [1.165, 1.54) is 110 Å². The average molecular weight is 656 g/mol. The van der Waals surface area contributed by atoms with E-state index in [0.717, 1.165) is 35.0 Å². The van der Waals surface area contributed by atoms with Gasteiger partial charge in [0.05, 0.1) is 0 Å². The molecule has 7 aromatic rings. The number of hydrogen-bond acceptors (Lipinski definition) is 1. The molecule has 0 atom stereocenters. The van der Waals surface area contributed by atoms with Crippen LogP contribution in [-0.4, -0.2) is 19.4 Å². The lowest BCUT2D eigenvalue weighted by atomic mass is 9.33. The molecule has 0 saturated heterocycles. The molecule has 246 valence electrons. The van der Waals surface area contributed by atoms with Crippen molar-refractivity contribution in [3.05, 3.63) is 128 Å². The molecule has 9 rings (SSSR count). The number of aryl methyl sites for hydroxylation is 4. The number of aromatic hydroxyl groups is 1. The first-order valence-corrected chi connectivity index (χ1v) is 18.4. The second-order valence-electron chi connectivity index (χ2n) is 15.2. The van der Waals surface area contributed by atoms with E-state index in [9.17, 15) is 5.11 Å². The van der Waals surface area contributed by atoms with E-state index in [-0.39, 0.29) is 0 Å². The van der Waals surface area contributed by atoms with Gasteiger partial charge in [0, 0.05) is 0 Å². The molecule has 1 heterocycles. The Morgan fingerprint density at radius 3 is 1.96 bits per heavy atom. The molecule has 1 aliphatic heterocycles. The Morgan fingerprint density at radius 2 is 1.20 bits per heavy atom. The van der Waals surface area contributed by atoms with Crippen molar-refractivity contribution in [1.29, 1.82) is 0 Å². The lowest BCUT2D eigenvalue weighted by Crippen LogP contribution is -2.31. The first-order chi connectivity index (χ1) is 24.6. The van der Waals surface area contributed by atoms with Crippen LogP contribution in [0.5, 0.6) is 5.75 Å². The van der Waals surface area contributed by atoms with Crippen LogP contribution in [0.15, 0.2) is 72.8 Å². The summed E-state index contributed by atoms with van der Waals surface area (Å²) in [6, 6.07) is 25.6. The minimum Gasteiger partial charge on any atom is -0.508 e. The van der Waals surface area contributed by atoms with Gasteiger partial charge in [0.1, 0.15) is 20.1 Å². The molecule has 2 aliphatic rings. The molecule has 3 heteroatoms. The number of fused-ring (bicyclic) bond motifs is 6. The maximum Gasteiger partial charge on any atom is 0.119 e. The molecule has 0 saturated carbocycles. The molecular formula is C48H42B2O. The zero-order valence-electron chi connectivity index (χ0n) is 31.0. The number of allylic oxidation sites excluding steroid dienone is 1. The number of benzene rings is 7. The summed E-state index contributed by atoms with van der Waals surface area (Å²) in [4.78, 5) is 0. The Morgan fingerprint density at radius 1 is 0.529 bits per heavy atom. The largest absolute Gasteiger partial charge is 0.508 e. The molecule has 1 N–H and O–H groups in total. The summed E-state index contributed by atoms with van der Waals surface area (Å²) in [7, 11) is 4.44. The first-order valence-electron chi connectivity index (χ1n) is 18.4. The van der Waals surface area contributed by atoms with Gasteiger partial charge in [-0.2, -0.15) is 0 Å². The van der Waals surface area contributed by atoms with E-state index in [4.69, 9.17) is 0 Å². The van der Waals surface area contributed by atoms with E-state index in [2.05, 4.69) is 142 Å². The predicted octanol–water partition coefficient (Wildman–Crippen LogP) is 10.9. The number of rotatable bonds is 2. The summed E-state index contributed by atoms with van der Waals surface area (Å²) in [5.41, 5.74) is 22.3. The Bertz CT molecular complexity index is 2730. The molecule has 1 nitrogen and oxygen atoms in total. The van der Waals surface area contributed by atoms with Gasteiger partial charge in [0.25, 0.3) is 0 Å². The summed E-state index contributed by atoms with van der Waals surface area (Å²) < 4.78 is 0. The van der Waals surface area contributed by atoms with Crippen LogP contribution in [0.3, 0.4) is 0 Å². The second-order valence-corrected chi connectivity index (χ2v) is 15.2. The molecule has 0 unspecified atom stereocenters. The molecule has 0 amide bonds. The van der Waals surface area contributed by atoms with Crippen molar-refractivity contribution in [2.24, 2.45) is 0 Å². The third kappa shape index (κ3) is 4.50. The highest BCUT2D eigenvalue weighted by atomic mass is 16.3. The highest BCUT2D eigenvalue weighted by Crippen LogP contribution is 2.49. The molecule has 1 aliphatic carbocycles. The molecule has 2 radical (unpaired) electrons. The minimum atomic E-state index is 0.386. The lowest BCUT2D eigenvalue weighted by Gasteiger charge is -2.26. The quantitative estimate of drug-likeness (QED) is 0.145. The van der Waals surface area contributed by atoms with Crippen LogP contribution in [0, 0.1) is 55.4 Å². The normalized spacial score (nSPS) is 13.3. The third-order valence-corrected chi connectivity index (χ3v) is 12.7. The van der Waals surface area contributed by atoms with E-state index < -0.39 is 0 Å². The van der Waals surface area contributed by atoms with E-state index in [1.807, 2.05) is 6.92 Å². The fourth-order valence-electron chi connectivity index (χ4n) is 9.23. The van der Waals surface area contributed by atoms with Crippen molar-refractivity contribution in [3.8, 4) is 39.1 Å². The Kier molecular flexibility index (Phi) is 7.20. The van der Waals surface area contributed by atoms with Crippen LogP contribution in [0.25, 0.3) is 71.8 Å². The highest BCUT2D eigenvalue weighted by Gasteiger charge is 2.30. The fraction of sp³-hybridized carbons (Fsp3) is 0.208. The van der Waals surface area contributed by atoms with Gasteiger partial charge >= 0.3 is 0 Å². The van der Waals surface area contributed by atoms with Crippen molar-refractivity contribution in [2.75, 3.05) is 0 Å². The van der Waals surface area contributed by atoms with Crippen LogP contribution in [0.4, 0.5) is 0 Å². The van der Waals surface area contributed by atoms with Crippen LogP contribution in [0.2, 0.25) is 0 Å². The molecule has 0 aromatic heterocycles. The van der Waals surface area contributed by atoms with Crippen LogP contribution in [-0.2, 0) is 6.42 Å². The van der Waals surface area contributed by atoms with E-state index in [0.29, 0.717) is 5.75 Å². The van der Waals surface area contributed by atoms with Gasteiger partial charge in [0.15, 0.2) is 0 Å². The molecule has 51 heavy (non-hydrogen) atoms. The Balaban J connectivity index is 1.47. The summed E-state index contributed by atoms with van der Waals surface area (Å²) in [6.45, 7) is 17.8. The molecule has 0 bridgehead atoms. The monoisotopic (exact) mass is 656 g/mol. The second kappa shape index (κ2) is 11.5. The third-order valence-electron chi connectivity index (χ3n) is 12.7. The SMILES string of the molecule is Cc1cc2c3c4c(c(C)c(C)cc4c(-c4cccc5c(-c6ccc7c(c6)CCC=C7)cccc45)c2c(C)c1C)[B][B]c1c(O)c(C)c(C)c(C)c1-3. The summed E-state index contributed by atoms with van der Waals surface area (Å²) in [6.07, 6.45) is 6.74. The van der Waals surface area contributed by atoms with Crippen molar-refractivity contribution < 1.29 is 5.11 Å². The average Bonchev–Trinajstić information content (AvgIpc) is 3.33. The van der Waals surface area contributed by atoms with Crippen LogP contribution >= 0.6 is 0 Å². The Labute approximate surface area is 303 Å². The van der Waals surface area contributed by atoms with Gasteiger partial charge in [-0.05, 0) is 189 Å². The van der Waals surface area contributed by atoms with Crippen molar-refractivity contribution in [1.82, 2.24) is 0 Å². The molecule has 0 fully saturated rings. The van der Waals surface area contributed by atoms with Gasteiger partial charge in [-0.3, -0.25) is 0 Å². The van der Waals surface area contributed by atoms with Crippen molar-refractivity contribution >= 4 is 63.7 Å². The predicted molar refractivity (Wildman–Crippen MR) is 223 cm³/mol. The zero-order valence-corrected chi connectivity index (χ0v) is 31.0. The van der Waals surface area contributed by atoms with Gasteiger partial charge in [-0.25, -0.2) is 0 Å². The summed E-state index contributed by atoms with van der Waals surface area (Å²) >= 11 is 0. The topological polar surface area (TPSA) is 20.2 Å². The lowest BCUT2D eigenvalue weighted by molar-refractivity contribution is 0.475. The fourth-order valence-corrected chi connectivity index (χ4v) is 9.23. The van der Waals surface area contributed by atoms with Crippen LogP contribution < -0.4 is 10.9 Å². The number of phenols is 1. The van der Waals surface area contributed by atoms with E-state index >= 15 is 0 Å². The van der Waals surface area contributed by atoms with Crippen LogP contribution in [0.1, 0.15) is 62.1 Å². The summed E-state index contributed by atoms with van der Waals surface area (Å²) in [5, 5.41) is 19.4. The maximum atomic E-state index is 11.7. The van der Waals surface area contributed by atoms with E-state index in [1.54, 1.807) is 0 Å². The minimum absolute atomic E-state index is 0.386. The maximum absolute atomic E-state index is 11.7. The van der Waals surface area contributed by atoms with Gasteiger partial charge in [-0.15, -0.1) is 0 Å². The smallest absolute Gasteiger partial charge is 0.119 e. The number of hydrogen-bond donors (Lipinski definition) is 1. The zero-order chi connectivity index (χ0) is 35.5. The van der Waals surface area contributed by atoms with Gasteiger partial charge in [0.2, 0.25) is 0 Å². The van der Waals surface area contributed by atoms with Crippen molar-refractivity contribution in [2.45, 2.75) is 68.2 Å². The van der Waals surface area contributed by atoms with Crippen molar-refractivity contribution in [3.63, 3.8) is 0 Å². The summed E-state index contributed by atoms with van der Waals surface area (Å²) in [5.74, 6) is 0.386. The van der Waals surface area contributed by atoms with Gasteiger partial charge < -0.3 is 5.11 Å². The highest BCUT2D eigenvalue weighted by molar-refractivity contribution is 7.15. The molecular weight excluding hydrogens is 614 g/mol. The molecule has 0 spiro atoms. The number of phenolic OH excluding ortho intramolecular Hbond substituents is 1. The standard InChI is InChI=1S/C48H42B2O/c1-24-21-39-41(29(6)26(24)3)43(38-18-12-16-36-35(15-11-17-37(36)38)34-20-19-32-13-9-10-14-33(32)23-34)40-22-25(2)27(4)46-45(40)44(39)42-30(7)28(5)31(8)48(51)47(42)50-49-46/h9,11-13,15-23,51H,10,14H2,1-8H3. The Hall–Kier alpha value is -5.01. The molecule has 7 aromatic carbocycles. The van der Waals surface area contributed by atoms with Gasteiger partial charge in [-0.1, -0.05) is 89.9 Å². The first kappa shape index (κ1) is 31.9.